The van der Waals surface area contributed by atoms with Crippen molar-refractivity contribution in [2.75, 3.05) is 12.3 Å². The van der Waals surface area contributed by atoms with Crippen molar-refractivity contribution < 1.29 is 9.53 Å². The van der Waals surface area contributed by atoms with Crippen LogP contribution in [0.5, 0.6) is 5.88 Å². The number of hydrogen-bond donors (Lipinski definition) is 2. The summed E-state index contributed by atoms with van der Waals surface area (Å²) in [6.45, 7) is 2.26. The van der Waals surface area contributed by atoms with Gasteiger partial charge in [-0.1, -0.05) is 91.0 Å². The summed E-state index contributed by atoms with van der Waals surface area (Å²) in [5.41, 5.74) is 8.90. The Morgan fingerprint density at radius 2 is 1.43 bits per heavy atom. The highest BCUT2D eigenvalue weighted by molar-refractivity contribution is 5.88. The van der Waals surface area contributed by atoms with Crippen molar-refractivity contribution >= 4 is 22.8 Å². The molecule has 0 radical (unpaired) electrons. The smallest absolute Gasteiger partial charge is 0.389 e. The van der Waals surface area contributed by atoms with Crippen LogP contribution in [-0.2, 0) is 5.54 Å². The van der Waals surface area contributed by atoms with E-state index in [2.05, 4.69) is 46.7 Å². The van der Waals surface area contributed by atoms with Gasteiger partial charge < -0.3 is 15.8 Å². The molecule has 2 aromatic heterocycles. The van der Waals surface area contributed by atoms with Crippen molar-refractivity contribution in [2.45, 2.75) is 12.5 Å². The lowest BCUT2D eigenvalue weighted by Crippen LogP contribution is -2.38. The fourth-order valence-corrected chi connectivity index (χ4v) is 4.50. The Morgan fingerprint density at radius 1 is 0.914 bits per heavy atom. The summed E-state index contributed by atoms with van der Waals surface area (Å²) in [5, 5.41) is 8.13. The molecule has 35 heavy (non-hydrogen) atoms. The molecule has 0 saturated heterocycles. The molecule has 5 aromatic rings. The van der Waals surface area contributed by atoms with Gasteiger partial charge in [-0.15, -0.1) is 5.10 Å². The molecule has 0 aliphatic carbocycles. The van der Waals surface area contributed by atoms with Crippen LogP contribution in [-0.4, -0.2) is 27.4 Å². The monoisotopic (exact) mass is 463 g/mol. The second-order valence-electron chi connectivity index (χ2n) is 8.07. The van der Waals surface area contributed by atoms with Gasteiger partial charge in [0.05, 0.1) is 10.9 Å². The second-order valence-corrected chi connectivity index (χ2v) is 8.07. The molecule has 7 nitrogen and oxygen atoms in total. The topological polar surface area (TPSA) is 95.1 Å². The van der Waals surface area contributed by atoms with Crippen LogP contribution in [0.1, 0.15) is 23.6 Å². The van der Waals surface area contributed by atoms with E-state index in [0.29, 0.717) is 23.3 Å². The van der Waals surface area contributed by atoms with Gasteiger partial charge in [-0.2, -0.15) is 0 Å². The maximum atomic E-state index is 12.4. The molecule has 0 aliphatic heterocycles. The largest absolute Gasteiger partial charge is 0.414 e. The fourth-order valence-electron chi connectivity index (χ4n) is 4.50. The maximum Gasteiger partial charge on any atom is 0.414 e. The van der Waals surface area contributed by atoms with Crippen LogP contribution in [0.2, 0.25) is 0 Å². The normalized spacial score (nSPS) is 11.3. The first-order chi connectivity index (χ1) is 17.1. The van der Waals surface area contributed by atoms with Gasteiger partial charge in [-0.05, 0) is 23.6 Å². The lowest BCUT2D eigenvalue weighted by molar-refractivity contribution is 0.199. The van der Waals surface area contributed by atoms with Crippen LogP contribution in [0.4, 0.5) is 10.6 Å². The number of rotatable bonds is 6. The molecule has 1 amide bonds. The molecular weight excluding hydrogens is 438 g/mol. The van der Waals surface area contributed by atoms with Gasteiger partial charge in [0.25, 0.3) is 5.88 Å². The van der Waals surface area contributed by atoms with E-state index in [9.17, 15) is 4.79 Å². The van der Waals surface area contributed by atoms with E-state index in [0.717, 1.165) is 16.7 Å². The molecule has 0 bridgehead atoms. The van der Waals surface area contributed by atoms with Crippen LogP contribution >= 0.6 is 0 Å². The summed E-state index contributed by atoms with van der Waals surface area (Å²) in [6, 6.07) is 32.2. The van der Waals surface area contributed by atoms with Crippen LogP contribution in [0.25, 0.3) is 10.9 Å². The van der Waals surface area contributed by atoms with Gasteiger partial charge in [-0.3, -0.25) is 0 Å². The number of nitrogens with two attached hydrogens (primary N) is 1. The van der Waals surface area contributed by atoms with Crippen molar-refractivity contribution in [1.29, 1.82) is 0 Å². The van der Waals surface area contributed by atoms with Crippen molar-refractivity contribution in [2.24, 2.45) is 0 Å². The van der Waals surface area contributed by atoms with Crippen LogP contribution in [0.3, 0.4) is 0 Å². The Morgan fingerprint density at radius 3 is 1.91 bits per heavy atom. The summed E-state index contributed by atoms with van der Waals surface area (Å²) < 4.78 is 7.51. The van der Waals surface area contributed by atoms with E-state index in [1.807, 2.05) is 66.2 Å². The molecule has 0 spiro atoms. The molecule has 2 heterocycles. The second kappa shape index (κ2) is 9.30. The van der Waals surface area contributed by atoms with Gasteiger partial charge in [0.1, 0.15) is 11.4 Å². The van der Waals surface area contributed by atoms with Gasteiger partial charge >= 0.3 is 6.09 Å². The van der Waals surface area contributed by atoms with E-state index in [1.165, 1.54) is 0 Å². The number of benzene rings is 3. The van der Waals surface area contributed by atoms with E-state index in [-0.39, 0.29) is 5.88 Å². The average molecular weight is 464 g/mol. The highest BCUT2D eigenvalue weighted by Gasteiger charge is 2.41. The van der Waals surface area contributed by atoms with Gasteiger partial charge in [0.15, 0.2) is 0 Å². The lowest BCUT2D eigenvalue weighted by Gasteiger charge is -2.36. The zero-order valence-electron chi connectivity index (χ0n) is 19.3. The van der Waals surface area contributed by atoms with E-state index in [4.69, 9.17) is 15.6 Å². The highest BCUT2D eigenvalue weighted by Crippen LogP contribution is 2.43. The van der Waals surface area contributed by atoms with Crippen LogP contribution in [0.15, 0.2) is 103 Å². The summed E-state index contributed by atoms with van der Waals surface area (Å²) in [5.74, 6) is 0.497. The zero-order valence-corrected chi connectivity index (χ0v) is 19.3. The zero-order chi connectivity index (χ0) is 24.3. The third kappa shape index (κ3) is 3.87. The summed E-state index contributed by atoms with van der Waals surface area (Å²) in [4.78, 5) is 16.6. The fraction of sp³-hybridized carbons (Fsp3) is 0.107. The molecule has 3 N–H and O–H groups in total. The molecule has 3 aromatic carbocycles. The first-order valence-electron chi connectivity index (χ1n) is 11.4. The van der Waals surface area contributed by atoms with E-state index >= 15 is 0 Å². The number of amides is 1. The highest BCUT2D eigenvalue weighted by atomic mass is 16.6. The Hall–Kier alpha value is -4.65. The Bertz CT molecular complexity index is 1350. The molecular formula is C28H25N5O2. The van der Waals surface area contributed by atoms with Gasteiger partial charge in [0.2, 0.25) is 0 Å². The lowest BCUT2D eigenvalue weighted by atomic mass is 9.77. The Balaban J connectivity index is 1.91. The molecule has 0 unspecified atom stereocenters. The van der Waals surface area contributed by atoms with Crippen molar-refractivity contribution in [1.82, 2.24) is 20.1 Å². The SMILES string of the molecule is CCNC(=O)Oc1nn(C(c2ccccc2)(c2ccccc2)c2ccccc2)c2cc(N)ncc12. The number of anilines is 1. The number of aromatic nitrogens is 3. The van der Waals surface area contributed by atoms with Gasteiger partial charge in [-0.25, -0.2) is 14.5 Å². The standard InChI is InChI=1S/C28H25N5O2/c1-2-30-27(34)35-26-23-19-31-25(29)18-24(23)33(32-26)28(20-12-6-3-7-13-20,21-14-8-4-9-15-21)22-16-10-5-11-17-22/h3-19H,2H2,1H3,(H2,29,31)(H,30,34). The van der Waals surface area contributed by atoms with Crippen LogP contribution in [0, 0.1) is 0 Å². The number of nitrogens with one attached hydrogen (secondary N) is 1. The number of nitrogens with zero attached hydrogens (tertiary/aromatic N) is 3. The summed E-state index contributed by atoms with van der Waals surface area (Å²) in [6.07, 6.45) is 1.01. The number of ether oxygens (including phenoxy) is 1. The van der Waals surface area contributed by atoms with Crippen molar-refractivity contribution in [3.8, 4) is 5.88 Å². The number of hydrogen-bond acceptors (Lipinski definition) is 5. The number of pyridine rings is 1. The third-order valence-electron chi connectivity index (χ3n) is 5.96. The van der Waals surface area contributed by atoms with Crippen molar-refractivity contribution in [3.63, 3.8) is 0 Å². The quantitative estimate of drug-likeness (QED) is 0.347. The molecule has 7 heteroatoms. The Labute approximate surface area is 203 Å². The summed E-state index contributed by atoms with van der Waals surface area (Å²) >= 11 is 0. The van der Waals surface area contributed by atoms with E-state index < -0.39 is 11.6 Å². The number of nitrogen functional groups attached to an aromatic ring is 1. The maximum absolute atomic E-state index is 12.4. The number of carbonyl (C=O) groups is 1. The first kappa shape index (κ1) is 22.2. The van der Waals surface area contributed by atoms with E-state index in [1.54, 1.807) is 12.3 Å². The molecule has 174 valence electrons. The molecule has 0 aliphatic rings. The molecule has 0 saturated carbocycles. The molecule has 0 fully saturated rings. The molecule has 0 atom stereocenters. The Kier molecular flexibility index (Phi) is 5.89. The average Bonchev–Trinajstić information content (AvgIpc) is 3.24. The summed E-state index contributed by atoms with van der Waals surface area (Å²) in [7, 11) is 0. The first-order valence-corrected chi connectivity index (χ1v) is 11.4. The minimum Gasteiger partial charge on any atom is -0.389 e. The number of carbonyl (C=O) groups excluding carboxylic acids is 1. The van der Waals surface area contributed by atoms with Crippen molar-refractivity contribution in [3.05, 3.63) is 120 Å². The third-order valence-corrected chi connectivity index (χ3v) is 5.96. The predicted octanol–water partition coefficient (Wildman–Crippen LogP) is 4.96. The van der Waals surface area contributed by atoms with Gasteiger partial charge in [0, 0.05) is 18.8 Å². The molecule has 5 rings (SSSR count). The minimum atomic E-state index is -0.890. The van der Waals surface area contributed by atoms with Crippen LogP contribution < -0.4 is 15.8 Å². The number of fused-ring (bicyclic) bond motifs is 1. The predicted molar refractivity (Wildman–Crippen MR) is 136 cm³/mol. The minimum absolute atomic E-state index is 0.158.